The lowest BCUT2D eigenvalue weighted by Gasteiger charge is -2.22. The molecule has 1 aliphatic rings. The topological polar surface area (TPSA) is 55.1 Å². The Morgan fingerprint density at radius 3 is 3.00 bits per heavy atom. The molecule has 92 valence electrons. The van der Waals surface area contributed by atoms with Crippen LogP contribution in [0.3, 0.4) is 0 Å². The third-order valence-electron chi connectivity index (χ3n) is 2.89. The van der Waals surface area contributed by atoms with Crippen LogP contribution in [0.15, 0.2) is 24.3 Å². The molecule has 0 spiro atoms. The van der Waals surface area contributed by atoms with Crippen LogP contribution in [-0.2, 0) is 4.79 Å². The highest BCUT2D eigenvalue weighted by atomic mass is 35.5. The second kappa shape index (κ2) is 5.65. The molecule has 5 heteroatoms. The Morgan fingerprint density at radius 2 is 2.41 bits per heavy atom. The molecule has 1 aromatic rings. The average molecular weight is 271 g/mol. The molecule has 2 atom stereocenters. The van der Waals surface area contributed by atoms with Crippen molar-refractivity contribution in [2.45, 2.75) is 12.5 Å². The fourth-order valence-electron chi connectivity index (χ4n) is 1.99. The molecule has 17 heavy (non-hydrogen) atoms. The zero-order valence-electron chi connectivity index (χ0n) is 9.36. The lowest BCUT2D eigenvalue weighted by atomic mass is 9.98. The Kier molecular flexibility index (Phi) is 4.18. The minimum atomic E-state index is -0.302. The van der Waals surface area contributed by atoms with Crippen LogP contribution in [0, 0.1) is 5.92 Å². The van der Waals surface area contributed by atoms with Crippen LogP contribution in [0.2, 0.25) is 5.02 Å². The number of carbonyl (C=O) groups excluding carboxylic acids is 1. The summed E-state index contributed by atoms with van der Waals surface area (Å²) in [7, 11) is 0. The monoisotopic (exact) mass is 270 g/mol. The van der Waals surface area contributed by atoms with E-state index < -0.39 is 0 Å². The van der Waals surface area contributed by atoms with Gasteiger partial charge in [-0.2, -0.15) is 11.8 Å². The van der Waals surface area contributed by atoms with Crippen LogP contribution in [0.4, 0.5) is 5.69 Å². The number of benzene rings is 1. The first-order chi connectivity index (χ1) is 8.16. The van der Waals surface area contributed by atoms with Crippen LogP contribution < -0.4 is 11.1 Å². The number of amides is 1. The first kappa shape index (κ1) is 12.6. The summed E-state index contributed by atoms with van der Waals surface area (Å²) in [6.45, 7) is 0. The normalized spacial score (nSPS) is 21.1. The predicted molar refractivity (Wildman–Crippen MR) is 73.5 cm³/mol. The fraction of sp³-hybridized carbons (Fsp3) is 0.417. The summed E-state index contributed by atoms with van der Waals surface area (Å²) in [5.41, 5.74) is 6.30. The van der Waals surface area contributed by atoms with Crippen molar-refractivity contribution in [3.63, 3.8) is 0 Å². The molecule has 0 saturated carbocycles. The molecule has 3 N–H and O–H groups in total. The third kappa shape index (κ3) is 3.30. The number of nitrogens with two attached hydrogens (primary N) is 1. The van der Waals surface area contributed by atoms with Gasteiger partial charge < -0.3 is 11.1 Å². The van der Waals surface area contributed by atoms with E-state index in [0.717, 1.165) is 23.6 Å². The highest BCUT2D eigenvalue weighted by Crippen LogP contribution is 2.28. The van der Waals surface area contributed by atoms with E-state index in [1.54, 1.807) is 12.1 Å². The van der Waals surface area contributed by atoms with Gasteiger partial charge in [-0.3, -0.25) is 4.79 Å². The van der Waals surface area contributed by atoms with Gasteiger partial charge in [-0.15, -0.1) is 0 Å². The highest BCUT2D eigenvalue weighted by molar-refractivity contribution is 7.99. The first-order valence-corrected chi connectivity index (χ1v) is 7.09. The van der Waals surface area contributed by atoms with Gasteiger partial charge >= 0.3 is 0 Å². The van der Waals surface area contributed by atoms with Crippen LogP contribution in [0.25, 0.3) is 0 Å². The molecule has 2 rings (SSSR count). The minimum absolute atomic E-state index is 0.294. The highest BCUT2D eigenvalue weighted by Gasteiger charge is 2.29. The van der Waals surface area contributed by atoms with Gasteiger partial charge in [0, 0.05) is 10.7 Å². The van der Waals surface area contributed by atoms with E-state index >= 15 is 0 Å². The molecule has 0 aromatic heterocycles. The van der Waals surface area contributed by atoms with Gasteiger partial charge in [0.15, 0.2) is 0 Å². The van der Waals surface area contributed by atoms with E-state index in [-0.39, 0.29) is 11.9 Å². The Hall–Kier alpha value is -0.870. The summed E-state index contributed by atoms with van der Waals surface area (Å²) in [5.74, 6) is 2.11. The molecule has 0 radical (unpaired) electrons. The molecule has 3 nitrogen and oxygen atoms in total. The molecule has 0 aliphatic carbocycles. The number of carbonyl (C=O) groups is 1. The predicted octanol–water partition coefficient (Wildman–Crippen LogP) is 2.36. The molecule has 1 amide bonds. The van der Waals surface area contributed by atoms with Crippen molar-refractivity contribution in [3.8, 4) is 0 Å². The number of anilines is 1. The second-order valence-electron chi connectivity index (χ2n) is 4.16. The number of halogens is 1. The summed E-state index contributed by atoms with van der Waals surface area (Å²) in [5, 5.41) is 3.84. The fourth-order valence-corrected chi connectivity index (χ4v) is 3.48. The average Bonchev–Trinajstić information content (AvgIpc) is 2.78. The summed E-state index contributed by atoms with van der Waals surface area (Å²) >= 11 is 7.78. The number of hydrogen-bond donors (Lipinski definition) is 2. The number of thioether (sulfide) groups is 1. The van der Waals surface area contributed by atoms with Crippen LogP contribution in [0.1, 0.15) is 6.42 Å². The van der Waals surface area contributed by atoms with Crippen LogP contribution >= 0.6 is 23.4 Å². The molecule has 2 unspecified atom stereocenters. The standard InChI is InChI=1S/C12H15ClN2OS/c13-9-2-1-3-10(6-9)15-11(12(14)16)8-4-5-17-7-8/h1-3,6,8,11,15H,4-5,7H2,(H2,14,16). The van der Waals surface area contributed by atoms with E-state index in [0.29, 0.717) is 10.9 Å². The molecule has 1 saturated heterocycles. The SMILES string of the molecule is NC(=O)C(Nc1cccc(Cl)c1)C1CCSC1. The maximum absolute atomic E-state index is 11.5. The molecular weight excluding hydrogens is 256 g/mol. The number of rotatable bonds is 4. The Morgan fingerprint density at radius 1 is 1.59 bits per heavy atom. The zero-order chi connectivity index (χ0) is 12.3. The van der Waals surface area contributed by atoms with E-state index in [4.69, 9.17) is 17.3 Å². The molecule has 1 heterocycles. The summed E-state index contributed by atoms with van der Waals surface area (Å²) in [4.78, 5) is 11.5. The number of primary amides is 1. The lowest BCUT2D eigenvalue weighted by Crippen LogP contribution is -2.41. The van der Waals surface area contributed by atoms with Crippen molar-refractivity contribution < 1.29 is 4.79 Å². The lowest BCUT2D eigenvalue weighted by molar-refractivity contribution is -0.119. The third-order valence-corrected chi connectivity index (χ3v) is 4.31. The molecule has 1 aromatic carbocycles. The Bertz CT molecular complexity index is 407. The molecular formula is C12H15ClN2OS. The number of hydrogen-bond acceptors (Lipinski definition) is 3. The first-order valence-electron chi connectivity index (χ1n) is 5.56. The van der Waals surface area contributed by atoms with Gasteiger partial charge in [0.2, 0.25) is 5.91 Å². The van der Waals surface area contributed by atoms with Crippen molar-refractivity contribution in [1.82, 2.24) is 0 Å². The smallest absolute Gasteiger partial charge is 0.240 e. The Labute approximate surface area is 110 Å². The molecule has 0 bridgehead atoms. The quantitative estimate of drug-likeness (QED) is 0.883. The largest absolute Gasteiger partial charge is 0.373 e. The van der Waals surface area contributed by atoms with Gasteiger partial charge in [-0.1, -0.05) is 17.7 Å². The minimum Gasteiger partial charge on any atom is -0.373 e. The zero-order valence-corrected chi connectivity index (χ0v) is 10.9. The summed E-state index contributed by atoms with van der Waals surface area (Å²) in [6.07, 6.45) is 1.03. The van der Waals surface area contributed by atoms with Crippen LogP contribution in [-0.4, -0.2) is 23.5 Å². The van der Waals surface area contributed by atoms with E-state index in [2.05, 4.69) is 5.32 Å². The van der Waals surface area contributed by atoms with Crippen LogP contribution in [0.5, 0.6) is 0 Å². The van der Waals surface area contributed by atoms with Gasteiger partial charge in [-0.05, 0) is 42.0 Å². The van der Waals surface area contributed by atoms with Gasteiger partial charge in [0.1, 0.15) is 6.04 Å². The summed E-state index contributed by atoms with van der Waals surface area (Å²) < 4.78 is 0. The van der Waals surface area contributed by atoms with Crippen molar-refractivity contribution in [1.29, 1.82) is 0 Å². The van der Waals surface area contributed by atoms with E-state index in [1.165, 1.54) is 0 Å². The van der Waals surface area contributed by atoms with E-state index in [9.17, 15) is 4.79 Å². The molecule has 1 aliphatic heterocycles. The van der Waals surface area contributed by atoms with Crippen molar-refractivity contribution in [2.24, 2.45) is 11.7 Å². The van der Waals surface area contributed by atoms with E-state index in [1.807, 2.05) is 23.9 Å². The second-order valence-corrected chi connectivity index (χ2v) is 5.74. The van der Waals surface area contributed by atoms with Gasteiger partial charge in [0.05, 0.1) is 0 Å². The maximum Gasteiger partial charge on any atom is 0.240 e. The van der Waals surface area contributed by atoms with Gasteiger partial charge in [-0.25, -0.2) is 0 Å². The summed E-state index contributed by atoms with van der Waals surface area (Å²) in [6, 6.07) is 7.05. The van der Waals surface area contributed by atoms with Crippen molar-refractivity contribution in [3.05, 3.63) is 29.3 Å². The van der Waals surface area contributed by atoms with Gasteiger partial charge in [0.25, 0.3) is 0 Å². The van der Waals surface area contributed by atoms with Crippen molar-refractivity contribution in [2.75, 3.05) is 16.8 Å². The molecule has 1 fully saturated rings. The maximum atomic E-state index is 11.5. The van der Waals surface area contributed by atoms with Crippen molar-refractivity contribution >= 4 is 35.0 Å². The Balaban J connectivity index is 2.09. The number of nitrogens with one attached hydrogen (secondary N) is 1.